The molecule has 0 fully saturated rings. The monoisotopic (exact) mass is 310 g/mol. The Bertz CT molecular complexity index is 404. The molecule has 0 saturated heterocycles. The Morgan fingerprint density at radius 3 is 2.10 bits per heavy atom. The molecular formula is C18H31ClN2. The van der Waals surface area contributed by atoms with Gasteiger partial charge >= 0.3 is 0 Å². The number of hydrogen-bond acceptors (Lipinski definition) is 2. The lowest BCUT2D eigenvalue weighted by Gasteiger charge is -2.29. The van der Waals surface area contributed by atoms with Crippen LogP contribution in [0.1, 0.15) is 46.1 Å². The zero-order chi connectivity index (χ0) is 15.8. The van der Waals surface area contributed by atoms with Gasteiger partial charge < -0.3 is 10.2 Å². The van der Waals surface area contributed by atoms with Crippen LogP contribution in [0.5, 0.6) is 0 Å². The lowest BCUT2D eigenvalue weighted by molar-refractivity contribution is 0.534. The maximum atomic E-state index is 6.24. The quantitative estimate of drug-likeness (QED) is 0.693. The topological polar surface area (TPSA) is 15.3 Å². The molecule has 21 heavy (non-hydrogen) atoms. The third-order valence-corrected chi connectivity index (χ3v) is 3.94. The van der Waals surface area contributed by atoms with Crippen molar-refractivity contribution >= 4 is 17.3 Å². The smallest absolute Gasteiger partial charge is 0.0426 e. The summed E-state index contributed by atoms with van der Waals surface area (Å²) >= 11 is 6.24. The van der Waals surface area contributed by atoms with Crippen LogP contribution in [0.25, 0.3) is 0 Å². The first-order valence-corrected chi connectivity index (χ1v) is 8.49. The van der Waals surface area contributed by atoms with Gasteiger partial charge in [0.15, 0.2) is 0 Å². The fourth-order valence-electron chi connectivity index (χ4n) is 2.35. The van der Waals surface area contributed by atoms with Crippen molar-refractivity contribution in [1.82, 2.24) is 5.32 Å². The van der Waals surface area contributed by atoms with Crippen LogP contribution in [0.2, 0.25) is 5.02 Å². The molecule has 0 amide bonds. The first-order valence-electron chi connectivity index (χ1n) is 8.12. The summed E-state index contributed by atoms with van der Waals surface area (Å²) in [6, 6.07) is 6.25. The SMILES string of the molecule is CNCc1ccc(Cl)cc1N(CCC(C)C)CCC(C)C. The fourth-order valence-corrected chi connectivity index (χ4v) is 2.52. The van der Waals surface area contributed by atoms with Crippen molar-refractivity contribution in [3.05, 3.63) is 28.8 Å². The van der Waals surface area contributed by atoms with E-state index in [0.717, 1.165) is 36.5 Å². The minimum absolute atomic E-state index is 0.721. The molecule has 1 rings (SSSR count). The highest BCUT2D eigenvalue weighted by Crippen LogP contribution is 2.26. The number of halogens is 1. The molecule has 0 aliphatic carbocycles. The number of rotatable bonds is 9. The Morgan fingerprint density at radius 1 is 1.05 bits per heavy atom. The molecule has 0 saturated carbocycles. The molecule has 0 bridgehead atoms. The Balaban J connectivity index is 2.95. The zero-order valence-electron chi connectivity index (χ0n) is 14.2. The van der Waals surface area contributed by atoms with Gasteiger partial charge in [-0.05, 0) is 49.4 Å². The molecule has 1 aromatic rings. The molecule has 0 heterocycles. The second-order valence-corrected chi connectivity index (χ2v) is 7.09. The first-order chi connectivity index (χ1) is 9.93. The van der Waals surface area contributed by atoms with Crippen LogP contribution < -0.4 is 10.2 Å². The molecule has 120 valence electrons. The van der Waals surface area contributed by atoms with E-state index in [9.17, 15) is 0 Å². The van der Waals surface area contributed by atoms with Crippen molar-refractivity contribution in [3.63, 3.8) is 0 Å². The Kier molecular flexibility index (Phi) is 8.13. The lowest BCUT2D eigenvalue weighted by Crippen LogP contribution is -2.29. The maximum absolute atomic E-state index is 6.24. The van der Waals surface area contributed by atoms with E-state index in [0.29, 0.717) is 0 Å². The minimum Gasteiger partial charge on any atom is -0.371 e. The molecule has 0 aliphatic heterocycles. The van der Waals surface area contributed by atoms with Gasteiger partial charge in [-0.3, -0.25) is 0 Å². The number of hydrogen-bond donors (Lipinski definition) is 1. The predicted octanol–water partition coefficient (Wildman–Crippen LogP) is 4.96. The molecule has 0 radical (unpaired) electrons. The number of benzene rings is 1. The molecule has 2 nitrogen and oxygen atoms in total. The average Bonchev–Trinajstić information content (AvgIpc) is 2.41. The Labute approximate surface area is 135 Å². The van der Waals surface area contributed by atoms with Crippen LogP contribution in [0.4, 0.5) is 5.69 Å². The molecule has 0 aliphatic rings. The zero-order valence-corrected chi connectivity index (χ0v) is 15.0. The van der Waals surface area contributed by atoms with Gasteiger partial charge in [-0.15, -0.1) is 0 Å². The van der Waals surface area contributed by atoms with Gasteiger partial charge in [-0.1, -0.05) is 45.4 Å². The van der Waals surface area contributed by atoms with E-state index in [1.54, 1.807) is 0 Å². The first kappa shape index (κ1) is 18.3. The molecular weight excluding hydrogens is 280 g/mol. The largest absolute Gasteiger partial charge is 0.371 e. The Morgan fingerprint density at radius 2 is 1.62 bits per heavy atom. The van der Waals surface area contributed by atoms with E-state index < -0.39 is 0 Å². The van der Waals surface area contributed by atoms with E-state index in [4.69, 9.17) is 11.6 Å². The van der Waals surface area contributed by atoms with E-state index in [1.165, 1.54) is 24.1 Å². The van der Waals surface area contributed by atoms with Crippen LogP contribution in [-0.4, -0.2) is 20.1 Å². The minimum atomic E-state index is 0.721. The second kappa shape index (κ2) is 9.32. The second-order valence-electron chi connectivity index (χ2n) is 6.66. The summed E-state index contributed by atoms with van der Waals surface area (Å²) in [7, 11) is 1.99. The molecule has 0 spiro atoms. The van der Waals surface area contributed by atoms with Crippen molar-refractivity contribution < 1.29 is 0 Å². The normalized spacial score (nSPS) is 11.4. The summed E-state index contributed by atoms with van der Waals surface area (Å²) in [6.45, 7) is 12.2. The Hall–Kier alpha value is -0.730. The molecule has 0 unspecified atom stereocenters. The predicted molar refractivity (Wildman–Crippen MR) is 95.3 cm³/mol. The summed E-state index contributed by atoms with van der Waals surface area (Å²) in [5.74, 6) is 1.44. The third kappa shape index (κ3) is 6.71. The molecule has 1 N–H and O–H groups in total. The van der Waals surface area contributed by atoms with Gasteiger partial charge in [-0.25, -0.2) is 0 Å². The lowest BCUT2D eigenvalue weighted by atomic mass is 10.1. The molecule has 3 heteroatoms. The van der Waals surface area contributed by atoms with Crippen LogP contribution in [0.3, 0.4) is 0 Å². The van der Waals surface area contributed by atoms with Crippen LogP contribution >= 0.6 is 11.6 Å². The van der Waals surface area contributed by atoms with Gasteiger partial charge in [0.1, 0.15) is 0 Å². The number of anilines is 1. The number of nitrogens with one attached hydrogen (secondary N) is 1. The van der Waals surface area contributed by atoms with Gasteiger partial charge in [0.25, 0.3) is 0 Å². The van der Waals surface area contributed by atoms with Crippen LogP contribution in [0.15, 0.2) is 18.2 Å². The molecule has 0 atom stereocenters. The third-order valence-electron chi connectivity index (χ3n) is 3.71. The standard InChI is InChI=1S/C18H31ClN2/c1-14(2)8-10-21(11-9-15(3)4)18-12-17(19)7-6-16(18)13-20-5/h6-7,12,14-15,20H,8-11,13H2,1-5H3. The van der Waals surface area contributed by atoms with E-state index >= 15 is 0 Å². The van der Waals surface area contributed by atoms with Crippen molar-refractivity contribution in [1.29, 1.82) is 0 Å². The summed E-state index contributed by atoms with van der Waals surface area (Å²) in [5, 5.41) is 4.08. The summed E-state index contributed by atoms with van der Waals surface area (Å²) in [5.41, 5.74) is 2.62. The average molecular weight is 311 g/mol. The highest BCUT2D eigenvalue weighted by molar-refractivity contribution is 6.30. The van der Waals surface area contributed by atoms with Crippen molar-refractivity contribution in [2.75, 3.05) is 25.0 Å². The summed E-state index contributed by atoms with van der Waals surface area (Å²) in [4.78, 5) is 2.51. The maximum Gasteiger partial charge on any atom is 0.0426 e. The van der Waals surface area contributed by atoms with Gasteiger partial charge in [-0.2, -0.15) is 0 Å². The highest BCUT2D eigenvalue weighted by Gasteiger charge is 2.13. The van der Waals surface area contributed by atoms with E-state index in [2.05, 4.69) is 50.0 Å². The van der Waals surface area contributed by atoms with Crippen molar-refractivity contribution in [2.24, 2.45) is 11.8 Å². The van der Waals surface area contributed by atoms with Gasteiger partial charge in [0.2, 0.25) is 0 Å². The van der Waals surface area contributed by atoms with Crippen LogP contribution in [-0.2, 0) is 6.54 Å². The van der Waals surface area contributed by atoms with Crippen LogP contribution in [0, 0.1) is 11.8 Å². The molecule has 1 aromatic carbocycles. The van der Waals surface area contributed by atoms with Gasteiger partial charge in [0, 0.05) is 30.3 Å². The summed E-state index contributed by atoms with van der Waals surface area (Å²) in [6.07, 6.45) is 2.42. The summed E-state index contributed by atoms with van der Waals surface area (Å²) < 4.78 is 0. The number of nitrogens with zero attached hydrogens (tertiary/aromatic N) is 1. The fraction of sp³-hybridized carbons (Fsp3) is 0.667. The molecule has 0 aromatic heterocycles. The highest BCUT2D eigenvalue weighted by atomic mass is 35.5. The van der Waals surface area contributed by atoms with Crippen molar-refractivity contribution in [2.45, 2.75) is 47.1 Å². The van der Waals surface area contributed by atoms with E-state index in [-0.39, 0.29) is 0 Å². The van der Waals surface area contributed by atoms with Crippen molar-refractivity contribution in [3.8, 4) is 0 Å². The van der Waals surface area contributed by atoms with E-state index in [1.807, 2.05) is 13.1 Å². The van der Waals surface area contributed by atoms with Gasteiger partial charge in [0.05, 0.1) is 0 Å².